The molecule has 3 heteroatoms. The SMILES string of the molecule is Cc1ccc(NC(=O)[C@@H](N)C(C)(C)C)c(C)c1. The van der Waals surface area contributed by atoms with Crippen molar-refractivity contribution in [2.45, 2.75) is 40.7 Å². The van der Waals surface area contributed by atoms with Gasteiger partial charge in [-0.3, -0.25) is 4.79 Å². The van der Waals surface area contributed by atoms with Crippen LogP contribution in [0.25, 0.3) is 0 Å². The fourth-order valence-corrected chi connectivity index (χ4v) is 1.56. The van der Waals surface area contributed by atoms with Crippen molar-refractivity contribution in [1.29, 1.82) is 0 Å². The highest BCUT2D eigenvalue weighted by Crippen LogP contribution is 2.21. The van der Waals surface area contributed by atoms with E-state index < -0.39 is 6.04 Å². The van der Waals surface area contributed by atoms with Gasteiger partial charge in [0.05, 0.1) is 6.04 Å². The number of carbonyl (C=O) groups excluding carboxylic acids is 1. The number of aryl methyl sites for hydroxylation is 2. The largest absolute Gasteiger partial charge is 0.324 e. The lowest BCUT2D eigenvalue weighted by Gasteiger charge is -2.26. The van der Waals surface area contributed by atoms with Crippen LogP contribution >= 0.6 is 0 Å². The Labute approximate surface area is 103 Å². The fraction of sp³-hybridized carbons (Fsp3) is 0.500. The van der Waals surface area contributed by atoms with Crippen LogP contribution in [0, 0.1) is 19.3 Å². The molecule has 0 fully saturated rings. The van der Waals surface area contributed by atoms with Crippen LogP contribution in [0.15, 0.2) is 18.2 Å². The first-order valence-corrected chi connectivity index (χ1v) is 5.85. The summed E-state index contributed by atoms with van der Waals surface area (Å²) in [5.74, 6) is -0.135. The summed E-state index contributed by atoms with van der Waals surface area (Å²) >= 11 is 0. The number of nitrogens with one attached hydrogen (secondary N) is 1. The van der Waals surface area contributed by atoms with E-state index in [1.807, 2.05) is 52.8 Å². The minimum absolute atomic E-state index is 0.135. The van der Waals surface area contributed by atoms with E-state index in [9.17, 15) is 4.79 Å². The molecule has 94 valence electrons. The molecule has 0 aliphatic carbocycles. The Hall–Kier alpha value is -1.35. The number of amides is 1. The molecule has 1 aromatic carbocycles. The van der Waals surface area contributed by atoms with E-state index in [0.29, 0.717) is 0 Å². The number of nitrogens with two attached hydrogens (primary N) is 1. The second-order valence-corrected chi connectivity index (χ2v) is 5.65. The van der Waals surface area contributed by atoms with Crippen LogP contribution in [0.5, 0.6) is 0 Å². The third-order valence-corrected chi connectivity index (χ3v) is 2.86. The predicted molar refractivity (Wildman–Crippen MR) is 72.0 cm³/mol. The molecule has 1 atom stereocenters. The summed E-state index contributed by atoms with van der Waals surface area (Å²) in [5.41, 5.74) is 8.75. The van der Waals surface area contributed by atoms with Crippen LogP contribution in [0.3, 0.4) is 0 Å². The van der Waals surface area contributed by atoms with Gasteiger partial charge in [-0.1, -0.05) is 38.5 Å². The summed E-state index contributed by atoms with van der Waals surface area (Å²) in [6.45, 7) is 9.88. The molecule has 0 aliphatic heterocycles. The summed E-state index contributed by atoms with van der Waals surface area (Å²) < 4.78 is 0. The molecule has 17 heavy (non-hydrogen) atoms. The zero-order valence-corrected chi connectivity index (χ0v) is 11.3. The van der Waals surface area contributed by atoms with Gasteiger partial charge >= 0.3 is 0 Å². The molecule has 0 radical (unpaired) electrons. The van der Waals surface area contributed by atoms with Crippen molar-refractivity contribution in [3.63, 3.8) is 0 Å². The summed E-state index contributed by atoms with van der Waals surface area (Å²) in [6.07, 6.45) is 0. The molecule has 0 saturated heterocycles. The first-order valence-electron chi connectivity index (χ1n) is 5.85. The molecule has 0 unspecified atom stereocenters. The first-order chi connectivity index (χ1) is 7.71. The highest BCUT2D eigenvalue weighted by molar-refractivity contribution is 5.95. The number of carbonyl (C=O) groups is 1. The van der Waals surface area contributed by atoms with E-state index >= 15 is 0 Å². The van der Waals surface area contributed by atoms with E-state index in [1.165, 1.54) is 5.56 Å². The molecule has 0 aromatic heterocycles. The third kappa shape index (κ3) is 3.56. The van der Waals surface area contributed by atoms with Gasteiger partial charge in [-0.2, -0.15) is 0 Å². The predicted octanol–water partition coefficient (Wildman–Crippen LogP) is 2.62. The van der Waals surface area contributed by atoms with E-state index in [0.717, 1.165) is 11.3 Å². The Morgan fingerprint density at radius 1 is 1.29 bits per heavy atom. The minimum atomic E-state index is -0.511. The maximum absolute atomic E-state index is 12.0. The summed E-state index contributed by atoms with van der Waals surface area (Å²) in [7, 11) is 0. The van der Waals surface area contributed by atoms with Gasteiger partial charge in [-0.15, -0.1) is 0 Å². The zero-order valence-electron chi connectivity index (χ0n) is 11.3. The molecular formula is C14H22N2O. The van der Waals surface area contributed by atoms with Crippen LogP contribution in [0.1, 0.15) is 31.9 Å². The number of anilines is 1. The Kier molecular flexibility index (Phi) is 3.94. The van der Waals surface area contributed by atoms with Gasteiger partial charge in [0.15, 0.2) is 0 Å². The average molecular weight is 234 g/mol. The lowest BCUT2D eigenvalue weighted by Crippen LogP contribution is -2.45. The van der Waals surface area contributed by atoms with Crippen molar-refractivity contribution in [1.82, 2.24) is 0 Å². The molecule has 1 amide bonds. The lowest BCUT2D eigenvalue weighted by molar-refractivity contribution is -0.119. The first kappa shape index (κ1) is 13.7. The molecule has 0 aliphatic rings. The van der Waals surface area contributed by atoms with Gasteiger partial charge in [0.25, 0.3) is 0 Å². The second kappa shape index (κ2) is 4.88. The fourth-order valence-electron chi connectivity index (χ4n) is 1.56. The number of hydrogen-bond acceptors (Lipinski definition) is 2. The zero-order chi connectivity index (χ0) is 13.2. The Morgan fingerprint density at radius 2 is 1.88 bits per heavy atom. The van der Waals surface area contributed by atoms with E-state index in [4.69, 9.17) is 5.73 Å². The summed E-state index contributed by atoms with van der Waals surface area (Å²) in [5, 5.41) is 2.88. The maximum atomic E-state index is 12.0. The summed E-state index contributed by atoms with van der Waals surface area (Å²) in [4.78, 5) is 12.0. The average Bonchev–Trinajstić information content (AvgIpc) is 2.19. The van der Waals surface area contributed by atoms with Gasteiger partial charge in [-0.25, -0.2) is 0 Å². The van der Waals surface area contributed by atoms with Gasteiger partial charge < -0.3 is 11.1 Å². The number of benzene rings is 1. The van der Waals surface area contributed by atoms with Crippen LogP contribution in [0.4, 0.5) is 5.69 Å². The van der Waals surface area contributed by atoms with Gasteiger partial charge in [0.2, 0.25) is 5.91 Å². The molecule has 1 aromatic rings. The van der Waals surface area contributed by atoms with Crippen molar-refractivity contribution in [2.24, 2.45) is 11.1 Å². The molecule has 3 nitrogen and oxygen atoms in total. The second-order valence-electron chi connectivity index (χ2n) is 5.65. The topological polar surface area (TPSA) is 55.1 Å². The molecule has 0 saturated carbocycles. The van der Waals surface area contributed by atoms with Crippen molar-refractivity contribution < 1.29 is 4.79 Å². The van der Waals surface area contributed by atoms with Crippen LogP contribution < -0.4 is 11.1 Å². The number of rotatable bonds is 2. The molecule has 1 rings (SSSR count). The van der Waals surface area contributed by atoms with Crippen LogP contribution in [-0.2, 0) is 4.79 Å². The molecule has 0 bridgehead atoms. The molecule has 0 heterocycles. The highest BCUT2D eigenvalue weighted by Gasteiger charge is 2.27. The van der Waals surface area contributed by atoms with E-state index in [2.05, 4.69) is 5.32 Å². The normalized spacial score (nSPS) is 13.3. The highest BCUT2D eigenvalue weighted by atomic mass is 16.2. The minimum Gasteiger partial charge on any atom is -0.324 e. The van der Waals surface area contributed by atoms with E-state index in [-0.39, 0.29) is 11.3 Å². The Morgan fingerprint density at radius 3 is 2.35 bits per heavy atom. The molecular weight excluding hydrogens is 212 g/mol. The molecule has 3 N–H and O–H groups in total. The van der Waals surface area contributed by atoms with Crippen molar-refractivity contribution in [2.75, 3.05) is 5.32 Å². The number of hydrogen-bond donors (Lipinski definition) is 2. The van der Waals surface area contributed by atoms with E-state index in [1.54, 1.807) is 0 Å². The van der Waals surface area contributed by atoms with Crippen molar-refractivity contribution in [3.05, 3.63) is 29.3 Å². The third-order valence-electron chi connectivity index (χ3n) is 2.86. The van der Waals surface area contributed by atoms with Crippen LogP contribution in [-0.4, -0.2) is 11.9 Å². The van der Waals surface area contributed by atoms with Crippen LogP contribution in [0.2, 0.25) is 0 Å². The standard InChI is InChI=1S/C14H22N2O/c1-9-6-7-11(10(2)8-9)16-13(17)12(15)14(3,4)5/h6-8,12H,15H2,1-5H3,(H,16,17)/t12-/m1/s1. The van der Waals surface area contributed by atoms with Gasteiger partial charge in [0, 0.05) is 5.69 Å². The molecule has 0 spiro atoms. The smallest absolute Gasteiger partial charge is 0.241 e. The Bertz CT molecular complexity index is 419. The van der Waals surface area contributed by atoms with Crippen molar-refractivity contribution in [3.8, 4) is 0 Å². The maximum Gasteiger partial charge on any atom is 0.241 e. The van der Waals surface area contributed by atoms with Crippen molar-refractivity contribution >= 4 is 11.6 Å². The summed E-state index contributed by atoms with van der Waals surface area (Å²) in [6, 6.07) is 5.42. The quantitative estimate of drug-likeness (QED) is 0.826. The Balaban J connectivity index is 2.82. The van der Waals surface area contributed by atoms with Gasteiger partial charge in [0.1, 0.15) is 0 Å². The monoisotopic (exact) mass is 234 g/mol. The van der Waals surface area contributed by atoms with Gasteiger partial charge in [-0.05, 0) is 30.9 Å². The lowest BCUT2D eigenvalue weighted by atomic mass is 9.87.